The van der Waals surface area contributed by atoms with Crippen molar-refractivity contribution in [3.8, 4) is 0 Å². The van der Waals surface area contributed by atoms with Gasteiger partial charge in [0.1, 0.15) is 17.6 Å². The number of nitrogens with two attached hydrogens (primary N) is 1. The molecule has 192 valence electrons. The second-order valence-corrected chi connectivity index (χ2v) is 9.28. The average molecular weight is 504 g/mol. The summed E-state index contributed by atoms with van der Waals surface area (Å²) in [5.74, 6) is 0.557. The van der Waals surface area contributed by atoms with Gasteiger partial charge in [-0.15, -0.1) is 0 Å². The topological polar surface area (TPSA) is 88.5 Å². The standard InChI is InChI=1S/C30H27N5O.C2H6/c1-18-13-25-24(11-12-32-30(25)31)19(2)26(18)15-33-23-9-10-28-34-16-27(35(28)17-23)29(36)22-8-7-20-5-3-4-6-21(20)14-22;1-2/h3-14,16-17,29,33,36H,15H2,1-2H3,(H2,31,32);1-2H3. The van der Waals surface area contributed by atoms with Gasteiger partial charge in [-0.25, -0.2) is 9.97 Å². The molecule has 0 radical (unpaired) electrons. The Morgan fingerprint density at radius 2 is 1.71 bits per heavy atom. The molecule has 0 bridgehead atoms. The Balaban J connectivity index is 0.00000144. The Bertz CT molecular complexity index is 1750. The lowest BCUT2D eigenvalue weighted by atomic mass is 9.96. The first-order valence-electron chi connectivity index (χ1n) is 13.0. The summed E-state index contributed by atoms with van der Waals surface area (Å²) in [6, 6.07) is 22.3. The van der Waals surface area contributed by atoms with Crippen LogP contribution in [-0.2, 0) is 6.54 Å². The molecule has 0 spiro atoms. The smallest absolute Gasteiger partial charge is 0.137 e. The number of nitrogens with one attached hydrogen (secondary N) is 1. The van der Waals surface area contributed by atoms with Gasteiger partial charge in [0.2, 0.25) is 0 Å². The van der Waals surface area contributed by atoms with Crippen LogP contribution in [0.2, 0.25) is 0 Å². The number of benzene rings is 3. The van der Waals surface area contributed by atoms with E-state index >= 15 is 0 Å². The molecule has 0 saturated heterocycles. The van der Waals surface area contributed by atoms with E-state index in [1.165, 1.54) is 16.7 Å². The third-order valence-corrected chi connectivity index (χ3v) is 7.09. The molecular weight excluding hydrogens is 470 g/mol. The zero-order valence-corrected chi connectivity index (χ0v) is 22.2. The summed E-state index contributed by atoms with van der Waals surface area (Å²) in [5, 5.41) is 19.2. The number of anilines is 2. The third-order valence-electron chi connectivity index (χ3n) is 7.09. The number of rotatable bonds is 5. The maximum absolute atomic E-state index is 11.2. The first-order chi connectivity index (χ1) is 18.5. The van der Waals surface area contributed by atoms with Crippen molar-refractivity contribution in [1.82, 2.24) is 14.4 Å². The number of aromatic nitrogens is 3. The number of fused-ring (bicyclic) bond motifs is 3. The molecule has 1 atom stereocenters. The molecule has 6 rings (SSSR count). The lowest BCUT2D eigenvalue weighted by Crippen LogP contribution is -2.07. The van der Waals surface area contributed by atoms with E-state index in [1.54, 1.807) is 12.4 Å². The van der Waals surface area contributed by atoms with Gasteiger partial charge >= 0.3 is 0 Å². The summed E-state index contributed by atoms with van der Waals surface area (Å²) >= 11 is 0. The summed E-state index contributed by atoms with van der Waals surface area (Å²) in [6.45, 7) is 8.90. The predicted octanol–water partition coefficient (Wildman–Crippen LogP) is 6.95. The van der Waals surface area contributed by atoms with E-state index in [1.807, 2.05) is 73.0 Å². The van der Waals surface area contributed by atoms with Crippen LogP contribution < -0.4 is 11.1 Å². The van der Waals surface area contributed by atoms with E-state index in [9.17, 15) is 5.11 Å². The summed E-state index contributed by atoms with van der Waals surface area (Å²) in [7, 11) is 0. The summed E-state index contributed by atoms with van der Waals surface area (Å²) in [4.78, 5) is 8.74. The highest BCUT2D eigenvalue weighted by atomic mass is 16.3. The van der Waals surface area contributed by atoms with Gasteiger partial charge in [-0.05, 0) is 82.6 Å². The van der Waals surface area contributed by atoms with E-state index in [2.05, 4.69) is 47.3 Å². The van der Waals surface area contributed by atoms with Crippen LogP contribution in [0, 0.1) is 13.8 Å². The first kappa shape index (κ1) is 25.2. The Hall–Kier alpha value is -4.42. The van der Waals surface area contributed by atoms with E-state index in [0.717, 1.165) is 44.1 Å². The molecule has 6 heteroatoms. The van der Waals surface area contributed by atoms with Crippen molar-refractivity contribution in [2.75, 3.05) is 11.1 Å². The van der Waals surface area contributed by atoms with Gasteiger partial charge in [0.05, 0.1) is 17.6 Å². The van der Waals surface area contributed by atoms with Gasteiger partial charge in [0, 0.05) is 24.3 Å². The second-order valence-electron chi connectivity index (χ2n) is 9.28. The van der Waals surface area contributed by atoms with Crippen LogP contribution in [-0.4, -0.2) is 19.5 Å². The van der Waals surface area contributed by atoms with Crippen LogP contribution in [0.1, 0.15) is 47.9 Å². The molecule has 0 aliphatic carbocycles. The number of pyridine rings is 2. The van der Waals surface area contributed by atoms with Crippen molar-refractivity contribution in [2.45, 2.75) is 40.3 Å². The van der Waals surface area contributed by atoms with E-state index in [-0.39, 0.29) is 0 Å². The molecule has 0 fully saturated rings. The molecule has 6 aromatic rings. The molecule has 38 heavy (non-hydrogen) atoms. The first-order valence-corrected chi connectivity index (χ1v) is 13.0. The van der Waals surface area contributed by atoms with Gasteiger partial charge in [-0.2, -0.15) is 0 Å². The van der Waals surface area contributed by atoms with Gasteiger partial charge in [0.25, 0.3) is 0 Å². The maximum atomic E-state index is 11.2. The average Bonchev–Trinajstić information content (AvgIpc) is 3.37. The van der Waals surface area contributed by atoms with Gasteiger partial charge in [0.15, 0.2) is 0 Å². The number of nitrogen functional groups attached to an aromatic ring is 1. The molecule has 1 unspecified atom stereocenters. The van der Waals surface area contributed by atoms with E-state index in [0.29, 0.717) is 12.4 Å². The zero-order valence-electron chi connectivity index (χ0n) is 22.2. The minimum atomic E-state index is -0.788. The van der Waals surface area contributed by atoms with Crippen molar-refractivity contribution in [3.05, 3.63) is 113 Å². The van der Waals surface area contributed by atoms with Crippen LogP contribution in [0.3, 0.4) is 0 Å². The molecular formula is C32H33N5O. The van der Waals surface area contributed by atoms with E-state index in [4.69, 9.17) is 5.73 Å². The van der Waals surface area contributed by atoms with Crippen molar-refractivity contribution in [1.29, 1.82) is 0 Å². The van der Waals surface area contributed by atoms with Crippen molar-refractivity contribution >= 4 is 38.7 Å². The Labute approximate surface area is 222 Å². The molecule has 0 aliphatic heterocycles. The second kappa shape index (κ2) is 10.5. The number of aliphatic hydroxyl groups excluding tert-OH is 1. The predicted molar refractivity (Wildman–Crippen MR) is 158 cm³/mol. The van der Waals surface area contributed by atoms with Crippen molar-refractivity contribution in [2.24, 2.45) is 0 Å². The highest BCUT2D eigenvalue weighted by Gasteiger charge is 2.17. The molecule has 0 amide bonds. The minimum Gasteiger partial charge on any atom is -0.383 e. The fraction of sp³-hybridized carbons (Fsp3) is 0.188. The summed E-state index contributed by atoms with van der Waals surface area (Å²) in [5.41, 5.74) is 13.0. The molecule has 3 aromatic heterocycles. The normalized spacial score (nSPS) is 11.9. The lowest BCUT2D eigenvalue weighted by molar-refractivity contribution is 0.214. The lowest BCUT2D eigenvalue weighted by Gasteiger charge is -2.16. The molecule has 3 heterocycles. The van der Waals surface area contributed by atoms with Crippen LogP contribution >= 0.6 is 0 Å². The third kappa shape index (κ3) is 4.55. The number of imidazole rings is 1. The zero-order chi connectivity index (χ0) is 26.8. The van der Waals surface area contributed by atoms with Crippen LogP contribution in [0.4, 0.5) is 11.5 Å². The van der Waals surface area contributed by atoms with Crippen molar-refractivity contribution in [3.63, 3.8) is 0 Å². The van der Waals surface area contributed by atoms with Crippen LogP contribution in [0.15, 0.2) is 85.3 Å². The fourth-order valence-corrected chi connectivity index (χ4v) is 5.05. The maximum Gasteiger partial charge on any atom is 0.137 e. The summed E-state index contributed by atoms with van der Waals surface area (Å²) < 4.78 is 1.95. The SMILES string of the molecule is CC.Cc1cc2c(N)nccc2c(C)c1CNc1ccc2ncc(C(O)c3ccc4ccccc4c3)n2c1. The Morgan fingerprint density at radius 3 is 2.53 bits per heavy atom. The quantitative estimate of drug-likeness (QED) is 0.237. The van der Waals surface area contributed by atoms with Gasteiger partial charge < -0.3 is 16.2 Å². The number of hydrogen-bond donors (Lipinski definition) is 3. The minimum absolute atomic E-state index is 0.557. The largest absolute Gasteiger partial charge is 0.383 e. The number of nitrogens with zero attached hydrogens (tertiary/aromatic N) is 3. The number of hydrogen-bond acceptors (Lipinski definition) is 5. The molecule has 3 aromatic carbocycles. The van der Waals surface area contributed by atoms with E-state index < -0.39 is 6.10 Å². The highest BCUT2D eigenvalue weighted by molar-refractivity contribution is 5.94. The van der Waals surface area contributed by atoms with Crippen LogP contribution in [0.25, 0.3) is 27.2 Å². The summed E-state index contributed by atoms with van der Waals surface area (Å²) in [6.07, 6.45) is 4.71. The number of aliphatic hydroxyl groups is 1. The monoisotopic (exact) mass is 503 g/mol. The Morgan fingerprint density at radius 1 is 0.921 bits per heavy atom. The van der Waals surface area contributed by atoms with Gasteiger partial charge in [-0.3, -0.25) is 4.40 Å². The molecule has 0 aliphatic rings. The van der Waals surface area contributed by atoms with Crippen molar-refractivity contribution < 1.29 is 5.11 Å². The number of aryl methyl sites for hydroxylation is 2. The molecule has 4 N–H and O–H groups in total. The highest BCUT2D eigenvalue weighted by Crippen LogP contribution is 2.30. The van der Waals surface area contributed by atoms with Crippen LogP contribution in [0.5, 0.6) is 0 Å². The fourth-order valence-electron chi connectivity index (χ4n) is 5.05. The van der Waals surface area contributed by atoms with Gasteiger partial charge in [-0.1, -0.05) is 50.2 Å². The molecule has 0 saturated carbocycles. The Kier molecular flexibility index (Phi) is 6.99. The molecule has 6 nitrogen and oxygen atoms in total.